The Balaban J connectivity index is 2.82. The maximum Gasteiger partial charge on any atom is 0.407 e. The Morgan fingerprint density at radius 2 is 2.13 bits per heavy atom. The Labute approximate surface area is 143 Å². The van der Waals surface area contributed by atoms with E-state index in [4.69, 9.17) is 16.3 Å². The van der Waals surface area contributed by atoms with Gasteiger partial charge in [0.05, 0.1) is 11.6 Å². The first-order valence-electron chi connectivity index (χ1n) is 7.87. The van der Waals surface area contributed by atoms with Gasteiger partial charge in [-0.05, 0) is 45.2 Å². The van der Waals surface area contributed by atoms with Crippen molar-refractivity contribution in [3.05, 3.63) is 29.0 Å². The third-order valence-electron chi connectivity index (χ3n) is 3.54. The zero-order valence-electron chi connectivity index (χ0n) is 14.4. The molecular weight excluding hydrogens is 316 g/mol. The van der Waals surface area contributed by atoms with E-state index in [1.807, 2.05) is 33.8 Å². The number of pyridine rings is 1. The lowest BCUT2D eigenvalue weighted by molar-refractivity contribution is 0.0455. The zero-order valence-corrected chi connectivity index (χ0v) is 15.1. The number of aliphatic hydroxyl groups is 1. The summed E-state index contributed by atoms with van der Waals surface area (Å²) in [6, 6.07) is 1.84. The van der Waals surface area contributed by atoms with Gasteiger partial charge < -0.3 is 15.2 Å². The summed E-state index contributed by atoms with van der Waals surface area (Å²) in [4.78, 5) is 15.9. The Kier molecular flexibility index (Phi) is 7.29. The van der Waals surface area contributed by atoms with Crippen LogP contribution < -0.4 is 5.32 Å². The molecule has 1 unspecified atom stereocenters. The molecule has 5 nitrogen and oxygen atoms in total. The fourth-order valence-electron chi connectivity index (χ4n) is 2.49. The van der Waals surface area contributed by atoms with Gasteiger partial charge in [0, 0.05) is 24.4 Å². The molecule has 1 aromatic heterocycles. The molecular formula is C17H27ClN2O3. The van der Waals surface area contributed by atoms with Crippen LogP contribution in [0.3, 0.4) is 0 Å². The van der Waals surface area contributed by atoms with Crippen LogP contribution in [0.15, 0.2) is 18.5 Å². The molecule has 0 bridgehead atoms. The van der Waals surface area contributed by atoms with Crippen molar-refractivity contribution in [2.24, 2.45) is 5.41 Å². The molecule has 0 spiro atoms. The number of aliphatic hydroxyl groups excluding tert-OH is 1. The fraction of sp³-hybridized carbons (Fsp3) is 0.647. The molecule has 1 amide bonds. The monoisotopic (exact) mass is 342 g/mol. The van der Waals surface area contributed by atoms with Crippen molar-refractivity contribution in [3.8, 4) is 0 Å². The predicted molar refractivity (Wildman–Crippen MR) is 91.6 cm³/mol. The molecule has 0 fully saturated rings. The van der Waals surface area contributed by atoms with Crippen molar-refractivity contribution < 1.29 is 14.6 Å². The molecule has 23 heavy (non-hydrogen) atoms. The molecule has 0 aromatic carbocycles. The Morgan fingerprint density at radius 1 is 1.43 bits per heavy atom. The van der Waals surface area contributed by atoms with E-state index in [9.17, 15) is 9.90 Å². The summed E-state index contributed by atoms with van der Waals surface area (Å²) in [6.07, 6.45) is 5.00. The van der Waals surface area contributed by atoms with E-state index in [2.05, 4.69) is 10.3 Å². The minimum atomic E-state index is -0.550. The van der Waals surface area contributed by atoms with Crippen LogP contribution in [0.2, 0.25) is 5.02 Å². The number of aromatic nitrogens is 1. The second-order valence-corrected chi connectivity index (χ2v) is 7.31. The molecule has 1 aromatic rings. The molecule has 0 radical (unpaired) electrons. The van der Waals surface area contributed by atoms with Gasteiger partial charge in [0.2, 0.25) is 0 Å². The van der Waals surface area contributed by atoms with Gasteiger partial charge in [-0.25, -0.2) is 4.79 Å². The molecule has 1 rings (SSSR count). The average Bonchev–Trinajstić information content (AvgIpc) is 2.45. The molecule has 0 saturated carbocycles. The van der Waals surface area contributed by atoms with Crippen molar-refractivity contribution in [2.75, 3.05) is 13.2 Å². The van der Waals surface area contributed by atoms with Crippen LogP contribution >= 0.6 is 11.6 Å². The summed E-state index contributed by atoms with van der Waals surface area (Å²) in [7, 11) is 0. The Hall–Kier alpha value is -1.33. The quantitative estimate of drug-likeness (QED) is 0.794. The molecule has 1 heterocycles. The SMILES string of the molecule is CCCC(CO)(CNC(=O)OC(C)(C)C)Cc1ccncc1Cl. The molecule has 130 valence electrons. The number of halogens is 1. The normalized spacial score (nSPS) is 14.2. The molecule has 0 saturated heterocycles. The lowest BCUT2D eigenvalue weighted by atomic mass is 9.78. The first-order chi connectivity index (χ1) is 10.7. The number of carbonyl (C=O) groups excluding carboxylic acids is 1. The van der Waals surface area contributed by atoms with Crippen LogP contribution in [-0.4, -0.2) is 34.9 Å². The first-order valence-corrected chi connectivity index (χ1v) is 8.25. The van der Waals surface area contributed by atoms with Gasteiger partial charge >= 0.3 is 6.09 Å². The maximum atomic E-state index is 11.9. The van der Waals surface area contributed by atoms with E-state index in [1.165, 1.54) is 0 Å². The number of carbonyl (C=O) groups is 1. The van der Waals surface area contributed by atoms with Gasteiger partial charge in [0.1, 0.15) is 5.60 Å². The Morgan fingerprint density at radius 3 is 2.65 bits per heavy atom. The van der Waals surface area contributed by atoms with E-state index in [1.54, 1.807) is 12.4 Å². The number of rotatable bonds is 7. The Bertz CT molecular complexity index is 517. The van der Waals surface area contributed by atoms with Gasteiger partial charge in [-0.2, -0.15) is 0 Å². The van der Waals surface area contributed by atoms with Crippen molar-refractivity contribution in [3.63, 3.8) is 0 Å². The van der Waals surface area contributed by atoms with Gasteiger partial charge in [0.25, 0.3) is 0 Å². The second kappa shape index (κ2) is 8.50. The lowest BCUT2D eigenvalue weighted by Gasteiger charge is -2.33. The largest absolute Gasteiger partial charge is 0.444 e. The topological polar surface area (TPSA) is 71.5 Å². The average molecular weight is 343 g/mol. The third kappa shape index (κ3) is 6.75. The van der Waals surface area contributed by atoms with Gasteiger partial charge in [-0.3, -0.25) is 4.98 Å². The second-order valence-electron chi connectivity index (χ2n) is 6.91. The number of nitrogens with one attached hydrogen (secondary N) is 1. The summed E-state index contributed by atoms with van der Waals surface area (Å²) < 4.78 is 5.26. The highest BCUT2D eigenvalue weighted by atomic mass is 35.5. The number of alkyl carbamates (subject to hydrolysis) is 1. The van der Waals surface area contributed by atoms with Crippen LogP contribution in [0, 0.1) is 5.41 Å². The summed E-state index contributed by atoms with van der Waals surface area (Å²) >= 11 is 6.18. The molecule has 2 N–H and O–H groups in total. The minimum absolute atomic E-state index is 0.0463. The van der Waals surface area contributed by atoms with E-state index < -0.39 is 17.1 Å². The highest BCUT2D eigenvalue weighted by Crippen LogP contribution is 2.30. The van der Waals surface area contributed by atoms with E-state index >= 15 is 0 Å². The fourth-order valence-corrected chi connectivity index (χ4v) is 2.67. The molecule has 0 aliphatic heterocycles. The van der Waals surface area contributed by atoms with Crippen LogP contribution in [0.4, 0.5) is 4.79 Å². The molecule has 6 heteroatoms. The van der Waals surface area contributed by atoms with Crippen molar-refractivity contribution in [1.82, 2.24) is 10.3 Å². The number of hydrogen-bond donors (Lipinski definition) is 2. The van der Waals surface area contributed by atoms with E-state index in [0.29, 0.717) is 18.0 Å². The summed E-state index contributed by atoms with van der Waals surface area (Å²) in [5, 5.41) is 13.3. The number of amides is 1. The van der Waals surface area contributed by atoms with Crippen LogP contribution in [0.5, 0.6) is 0 Å². The summed E-state index contributed by atoms with van der Waals surface area (Å²) in [5.41, 5.74) is -0.114. The van der Waals surface area contributed by atoms with Gasteiger partial charge in [-0.15, -0.1) is 0 Å². The number of nitrogens with zero attached hydrogens (tertiary/aromatic N) is 1. The van der Waals surface area contributed by atoms with Crippen molar-refractivity contribution >= 4 is 17.7 Å². The first kappa shape index (κ1) is 19.7. The lowest BCUT2D eigenvalue weighted by Crippen LogP contribution is -2.43. The number of hydrogen-bond acceptors (Lipinski definition) is 4. The maximum absolute atomic E-state index is 11.9. The smallest absolute Gasteiger partial charge is 0.407 e. The van der Waals surface area contributed by atoms with E-state index in [-0.39, 0.29) is 6.61 Å². The van der Waals surface area contributed by atoms with Crippen LogP contribution in [0.1, 0.15) is 46.1 Å². The van der Waals surface area contributed by atoms with Crippen LogP contribution in [-0.2, 0) is 11.2 Å². The molecule has 0 aliphatic rings. The van der Waals surface area contributed by atoms with Crippen LogP contribution in [0.25, 0.3) is 0 Å². The van der Waals surface area contributed by atoms with Crippen molar-refractivity contribution in [2.45, 2.75) is 52.6 Å². The molecule has 0 aliphatic carbocycles. The van der Waals surface area contributed by atoms with E-state index in [0.717, 1.165) is 18.4 Å². The highest BCUT2D eigenvalue weighted by Gasteiger charge is 2.31. The highest BCUT2D eigenvalue weighted by molar-refractivity contribution is 6.31. The van der Waals surface area contributed by atoms with Gasteiger partial charge in [0.15, 0.2) is 0 Å². The zero-order chi connectivity index (χ0) is 17.5. The summed E-state index contributed by atoms with van der Waals surface area (Å²) in [5.74, 6) is 0. The molecule has 1 atom stereocenters. The minimum Gasteiger partial charge on any atom is -0.444 e. The predicted octanol–water partition coefficient (Wildman–Crippen LogP) is 3.58. The van der Waals surface area contributed by atoms with Gasteiger partial charge in [-0.1, -0.05) is 24.9 Å². The third-order valence-corrected chi connectivity index (χ3v) is 3.88. The summed E-state index contributed by atoms with van der Waals surface area (Å²) in [6.45, 7) is 7.77. The number of ether oxygens (including phenoxy) is 1. The standard InChI is InChI=1S/C17H27ClN2O3/c1-5-7-17(12-21,9-13-6-8-19-10-14(13)18)11-20-15(22)23-16(2,3)4/h6,8,10,21H,5,7,9,11-12H2,1-4H3,(H,20,22). The van der Waals surface area contributed by atoms with Crippen molar-refractivity contribution in [1.29, 1.82) is 0 Å².